The maximum Gasteiger partial charge on any atom is 0.168 e. The van der Waals surface area contributed by atoms with E-state index in [1.807, 2.05) is 36.6 Å². The third-order valence-electron chi connectivity index (χ3n) is 2.33. The number of imidazole rings is 1. The minimum absolute atomic E-state index is 0.672. The van der Waals surface area contributed by atoms with Gasteiger partial charge in [-0.1, -0.05) is 13.0 Å². The van der Waals surface area contributed by atoms with Gasteiger partial charge in [-0.15, -0.1) is 0 Å². The Morgan fingerprint density at radius 2 is 2.29 bits per heavy atom. The van der Waals surface area contributed by atoms with Crippen molar-refractivity contribution in [3.05, 3.63) is 35.3 Å². The molecular formula is C11H12N2O. The van der Waals surface area contributed by atoms with Crippen LogP contribution in [-0.4, -0.2) is 15.7 Å². The van der Waals surface area contributed by atoms with Crippen molar-refractivity contribution in [3.8, 4) is 0 Å². The summed E-state index contributed by atoms with van der Waals surface area (Å²) < 4.78 is 1.85. The Morgan fingerprint density at radius 3 is 2.93 bits per heavy atom. The van der Waals surface area contributed by atoms with E-state index in [0.717, 1.165) is 29.6 Å². The van der Waals surface area contributed by atoms with Crippen molar-refractivity contribution in [2.24, 2.45) is 0 Å². The number of pyridine rings is 1. The molecule has 3 nitrogen and oxygen atoms in total. The van der Waals surface area contributed by atoms with Crippen LogP contribution in [0.1, 0.15) is 28.7 Å². The van der Waals surface area contributed by atoms with E-state index in [2.05, 4.69) is 4.98 Å². The molecule has 0 N–H and O–H groups in total. The van der Waals surface area contributed by atoms with Crippen molar-refractivity contribution in [2.45, 2.75) is 20.3 Å². The molecule has 0 bridgehead atoms. The molecule has 0 amide bonds. The van der Waals surface area contributed by atoms with Crippen LogP contribution in [0.25, 0.3) is 5.65 Å². The molecule has 0 saturated heterocycles. The van der Waals surface area contributed by atoms with E-state index in [1.54, 1.807) is 0 Å². The van der Waals surface area contributed by atoms with Gasteiger partial charge in [0.05, 0.1) is 5.69 Å². The number of aromatic nitrogens is 2. The first-order valence-corrected chi connectivity index (χ1v) is 4.69. The van der Waals surface area contributed by atoms with Crippen LogP contribution < -0.4 is 0 Å². The van der Waals surface area contributed by atoms with Crippen molar-refractivity contribution in [3.63, 3.8) is 0 Å². The van der Waals surface area contributed by atoms with Gasteiger partial charge in [0.2, 0.25) is 0 Å². The first kappa shape index (κ1) is 8.94. The Kier molecular flexibility index (Phi) is 2.08. The van der Waals surface area contributed by atoms with Gasteiger partial charge in [-0.25, -0.2) is 4.98 Å². The smallest absolute Gasteiger partial charge is 0.168 e. The fraction of sp³-hybridized carbons (Fsp3) is 0.273. The monoisotopic (exact) mass is 188 g/mol. The molecule has 3 heteroatoms. The van der Waals surface area contributed by atoms with Gasteiger partial charge in [0, 0.05) is 6.20 Å². The number of hydrogen-bond donors (Lipinski definition) is 0. The average Bonchev–Trinajstić information content (AvgIpc) is 2.54. The van der Waals surface area contributed by atoms with Gasteiger partial charge in [-0.2, -0.15) is 0 Å². The van der Waals surface area contributed by atoms with E-state index in [1.165, 1.54) is 0 Å². The number of aryl methyl sites for hydroxylation is 2. The number of aldehydes is 1. The lowest BCUT2D eigenvalue weighted by Crippen LogP contribution is -1.94. The van der Waals surface area contributed by atoms with Crippen molar-refractivity contribution < 1.29 is 4.79 Å². The normalized spacial score (nSPS) is 10.7. The number of hydrogen-bond acceptors (Lipinski definition) is 2. The Morgan fingerprint density at radius 1 is 1.50 bits per heavy atom. The Bertz CT molecular complexity index is 485. The molecule has 0 unspecified atom stereocenters. The predicted octanol–water partition coefficient (Wildman–Crippen LogP) is 2.02. The molecule has 2 aromatic heterocycles. The third kappa shape index (κ3) is 1.21. The SMILES string of the molecule is CCc1nc2ccc(C)cn2c1C=O. The van der Waals surface area contributed by atoms with Gasteiger partial charge in [0.1, 0.15) is 11.3 Å². The van der Waals surface area contributed by atoms with Crippen LogP contribution in [0.5, 0.6) is 0 Å². The van der Waals surface area contributed by atoms with Crippen molar-refractivity contribution in [1.82, 2.24) is 9.38 Å². The molecule has 72 valence electrons. The van der Waals surface area contributed by atoms with Gasteiger partial charge in [-0.3, -0.25) is 9.20 Å². The van der Waals surface area contributed by atoms with Gasteiger partial charge in [0.25, 0.3) is 0 Å². The summed E-state index contributed by atoms with van der Waals surface area (Å²) >= 11 is 0. The Balaban J connectivity index is 2.81. The lowest BCUT2D eigenvalue weighted by molar-refractivity contribution is 0.111. The largest absolute Gasteiger partial charge is 0.297 e. The molecule has 0 radical (unpaired) electrons. The molecule has 14 heavy (non-hydrogen) atoms. The maximum absolute atomic E-state index is 10.9. The molecular weight excluding hydrogens is 176 g/mol. The van der Waals surface area contributed by atoms with Crippen molar-refractivity contribution >= 4 is 11.9 Å². The summed E-state index contributed by atoms with van der Waals surface area (Å²) in [7, 11) is 0. The van der Waals surface area contributed by atoms with Gasteiger partial charge < -0.3 is 0 Å². The van der Waals surface area contributed by atoms with Crippen molar-refractivity contribution in [2.75, 3.05) is 0 Å². The maximum atomic E-state index is 10.9. The highest BCUT2D eigenvalue weighted by atomic mass is 16.1. The summed E-state index contributed by atoms with van der Waals surface area (Å²) in [6.45, 7) is 4.00. The number of rotatable bonds is 2. The highest BCUT2D eigenvalue weighted by molar-refractivity contribution is 5.76. The highest BCUT2D eigenvalue weighted by Gasteiger charge is 2.08. The molecule has 0 aromatic carbocycles. The molecule has 2 rings (SSSR count). The van der Waals surface area contributed by atoms with Gasteiger partial charge >= 0.3 is 0 Å². The standard InChI is InChI=1S/C11H12N2O/c1-3-9-10(7-14)13-6-8(2)4-5-11(13)12-9/h4-7H,3H2,1-2H3. The quantitative estimate of drug-likeness (QED) is 0.676. The van der Waals surface area contributed by atoms with E-state index in [4.69, 9.17) is 0 Å². The molecule has 0 saturated carbocycles. The lowest BCUT2D eigenvalue weighted by atomic mass is 10.3. The van der Waals surface area contributed by atoms with Crippen molar-refractivity contribution in [1.29, 1.82) is 0 Å². The zero-order chi connectivity index (χ0) is 10.1. The number of fused-ring (bicyclic) bond motifs is 1. The minimum atomic E-state index is 0.672. The third-order valence-corrected chi connectivity index (χ3v) is 2.33. The van der Waals surface area contributed by atoms with Crippen LogP contribution in [0.4, 0.5) is 0 Å². The first-order valence-electron chi connectivity index (χ1n) is 4.69. The summed E-state index contributed by atoms with van der Waals surface area (Å²) in [5.41, 5.74) is 3.51. The molecule has 0 aliphatic rings. The van der Waals surface area contributed by atoms with Crippen LogP contribution in [0, 0.1) is 6.92 Å². The second kappa shape index (κ2) is 3.25. The van der Waals surface area contributed by atoms with Gasteiger partial charge in [0.15, 0.2) is 6.29 Å². The summed E-state index contributed by atoms with van der Waals surface area (Å²) in [5.74, 6) is 0. The van der Waals surface area contributed by atoms with E-state index in [-0.39, 0.29) is 0 Å². The zero-order valence-electron chi connectivity index (χ0n) is 8.32. The number of carbonyl (C=O) groups excluding carboxylic acids is 1. The summed E-state index contributed by atoms with van der Waals surface area (Å²) in [5, 5.41) is 0. The molecule has 2 heterocycles. The predicted molar refractivity (Wildman–Crippen MR) is 54.7 cm³/mol. The molecule has 0 atom stereocenters. The van der Waals surface area contributed by atoms with Crippen LogP contribution in [0.3, 0.4) is 0 Å². The van der Waals surface area contributed by atoms with E-state index >= 15 is 0 Å². The fourth-order valence-electron chi connectivity index (χ4n) is 1.60. The Hall–Kier alpha value is -1.64. The van der Waals surface area contributed by atoms with Crippen LogP contribution in [0.2, 0.25) is 0 Å². The molecule has 0 fully saturated rings. The van der Waals surface area contributed by atoms with E-state index < -0.39 is 0 Å². The Labute approximate surface area is 82.4 Å². The summed E-state index contributed by atoms with van der Waals surface area (Å²) in [6, 6.07) is 3.93. The topological polar surface area (TPSA) is 34.4 Å². The fourth-order valence-corrected chi connectivity index (χ4v) is 1.60. The number of carbonyl (C=O) groups is 1. The minimum Gasteiger partial charge on any atom is -0.297 e. The molecule has 2 aromatic rings. The van der Waals surface area contributed by atoms with Crippen LogP contribution >= 0.6 is 0 Å². The first-order chi connectivity index (χ1) is 6.76. The second-order valence-corrected chi connectivity index (χ2v) is 3.35. The van der Waals surface area contributed by atoms with E-state index in [0.29, 0.717) is 5.69 Å². The second-order valence-electron chi connectivity index (χ2n) is 3.35. The highest BCUT2D eigenvalue weighted by Crippen LogP contribution is 2.12. The zero-order valence-corrected chi connectivity index (χ0v) is 8.32. The molecule has 0 spiro atoms. The van der Waals surface area contributed by atoms with Gasteiger partial charge in [-0.05, 0) is 25.0 Å². The van der Waals surface area contributed by atoms with Crippen LogP contribution in [0.15, 0.2) is 18.3 Å². The average molecular weight is 188 g/mol. The van der Waals surface area contributed by atoms with Crippen LogP contribution in [-0.2, 0) is 6.42 Å². The summed E-state index contributed by atoms with van der Waals surface area (Å²) in [6.07, 6.45) is 3.60. The number of nitrogens with zero attached hydrogens (tertiary/aromatic N) is 2. The lowest BCUT2D eigenvalue weighted by Gasteiger charge is -1.96. The molecule has 0 aliphatic heterocycles. The summed E-state index contributed by atoms with van der Waals surface area (Å²) in [4.78, 5) is 15.3. The van der Waals surface area contributed by atoms with E-state index in [9.17, 15) is 4.79 Å². The molecule has 0 aliphatic carbocycles.